The molecule has 1 N–H and O–H groups in total. The van der Waals surface area contributed by atoms with E-state index >= 15 is 0 Å². The number of aryl methyl sites for hydroxylation is 1. The molecule has 8 heteroatoms. The van der Waals surface area contributed by atoms with Crippen LogP contribution in [0.4, 0.5) is 5.82 Å². The summed E-state index contributed by atoms with van der Waals surface area (Å²) in [5.41, 5.74) is 2.05. The summed E-state index contributed by atoms with van der Waals surface area (Å²) in [6.07, 6.45) is 1.99. The summed E-state index contributed by atoms with van der Waals surface area (Å²) < 4.78 is 26.6. The number of piperazine rings is 1. The molecule has 2 aromatic rings. The van der Waals surface area contributed by atoms with Crippen LogP contribution in [0.5, 0.6) is 0 Å². The van der Waals surface area contributed by atoms with Gasteiger partial charge in [-0.05, 0) is 24.6 Å². The van der Waals surface area contributed by atoms with Gasteiger partial charge >= 0.3 is 0 Å². The Kier molecular flexibility index (Phi) is 6.64. The zero-order valence-electron chi connectivity index (χ0n) is 16.0. The first-order valence-corrected chi connectivity index (χ1v) is 11.0. The van der Waals surface area contributed by atoms with Crippen LogP contribution in [0.25, 0.3) is 0 Å². The molecule has 1 aromatic carbocycles. The summed E-state index contributed by atoms with van der Waals surface area (Å²) in [6.45, 7) is 4.18. The standard InChI is InChI=1S/C20H26N4O3S/c1-17-5-7-18(8-6-17)16-20(25)22-10-15-28(26,27)24-13-11-23(12-14-24)19-4-2-3-9-21-19/h2-9H,10-16H2,1H3,(H,22,25). The molecular formula is C20H26N4O3S. The van der Waals surface area contributed by atoms with Crippen molar-refractivity contribution in [2.45, 2.75) is 13.3 Å². The molecule has 3 rings (SSSR count). The van der Waals surface area contributed by atoms with Gasteiger partial charge in [0, 0.05) is 38.9 Å². The predicted molar refractivity (Wildman–Crippen MR) is 110 cm³/mol. The fraction of sp³-hybridized carbons (Fsp3) is 0.400. The van der Waals surface area contributed by atoms with E-state index in [1.807, 2.05) is 49.4 Å². The highest BCUT2D eigenvalue weighted by Crippen LogP contribution is 2.14. The van der Waals surface area contributed by atoms with E-state index in [1.54, 1.807) is 6.20 Å². The van der Waals surface area contributed by atoms with Gasteiger partial charge in [-0.25, -0.2) is 13.4 Å². The summed E-state index contributed by atoms with van der Waals surface area (Å²) in [4.78, 5) is 18.4. The van der Waals surface area contributed by atoms with Crippen molar-refractivity contribution in [1.82, 2.24) is 14.6 Å². The maximum Gasteiger partial charge on any atom is 0.224 e. The monoisotopic (exact) mass is 402 g/mol. The molecule has 1 fully saturated rings. The van der Waals surface area contributed by atoms with Crippen molar-refractivity contribution in [3.05, 3.63) is 59.8 Å². The van der Waals surface area contributed by atoms with Crippen LogP contribution in [0, 0.1) is 6.92 Å². The molecule has 150 valence electrons. The Hall–Kier alpha value is -2.45. The van der Waals surface area contributed by atoms with E-state index in [0.29, 0.717) is 26.2 Å². The van der Waals surface area contributed by atoms with Gasteiger partial charge in [0.05, 0.1) is 12.2 Å². The fourth-order valence-corrected chi connectivity index (χ4v) is 4.48. The van der Waals surface area contributed by atoms with Crippen molar-refractivity contribution in [2.24, 2.45) is 0 Å². The first-order valence-electron chi connectivity index (χ1n) is 9.40. The molecule has 0 spiro atoms. The number of benzene rings is 1. The van der Waals surface area contributed by atoms with Crippen LogP contribution < -0.4 is 10.2 Å². The van der Waals surface area contributed by atoms with Crippen molar-refractivity contribution < 1.29 is 13.2 Å². The van der Waals surface area contributed by atoms with Gasteiger partial charge in [-0.3, -0.25) is 4.79 Å². The van der Waals surface area contributed by atoms with E-state index in [2.05, 4.69) is 15.2 Å². The Bertz CT molecular complexity index is 877. The highest BCUT2D eigenvalue weighted by molar-refractivity contribution is 7.89. The van der Waals surface area contributed by atoms with Crippen molar-refractivity contribution >= 4 is 21.7 Å². The summed E-state index contributed by atoms with van der Waals surface area (Å²) in [6, 6.07) is 13.4. The number of nitrogens with zero attached hydrogens (tertiary/aromatic N) is 3. The molecule has 0 aliphatic carbocycles. The number of nitrogens with one attached hydrogen (secondary N) is 1. The summed E-state index contributed by atoms with van der Waals surface area (Å²) in [5.74, 6) is 0.609. The second-order valence-corrected chi connectivity index (χ2v) is 8.99. The molecule has 1 aromatic heterocycles. The number of aromatic nitrogens is 1. The van der Waals surface area contributed by atoms with Gasteiger partial charge < -0.3 is 10.2 Å². The third kappa shape index (κ3) is 5.53. The second kappa shape index (κ2) is 9.16. The molecule has 1 saturated heterocycles. The molecule has 0 bridgehead atoms. The molecule has 7 nitrogen and oxygen atoms in total. The summed E-state index contributed by atoms with van der Waals surface area (Å²) in [7, 11) is -3.39. The minimum Gasteiger partial charge on any atom is -0.355 e. The summed E-state index contributed by atoms with van der Waals surface area (Å²) >= 11 is 0. The lowest BCUT2D eigenvalue weighted by molar-refractivity contribution is -0.120. The van der Waals surface area contributed by atoms with Gasteiger partial charge in [0.2, 0.25) is 15.9 Å². The first kappa shape index (κ1) is 20.3. The molecular weight excluding hydrogens is 376 g/mol. The number of rotatable bonds is 7. The largest absolute Gasteiger partial charge is 0.355 e. The lowest BCUT2D eigenvalue weighted by Gasteiger charge is -2.34. The quantitative estimate of drug-likeness (QED) is 0.753. The molecule has 1 aliphatic heterocycles. The molecule has 0 atom stereocenters. The van der Waals surface area contributed by atoms with Crippen LogP contribution in [0.3, 0.4) is 0 Å². The number of pyridine rings is 1. The van der Waals surface area contributed by atoms with Crippen LogP contribution in [0.1, 0.15) is 11.1 Å². The van der Waals surface area contributed by atoms with Crippen LogP contribution in [-0.2, 0) is 21.2 Å². The SMILES string of the molecule is Cc1ccc(CC(=O)NCCS(=O)(=O)N2CCN(c3ccccn3)CC2)cc1. The maximum absolute atomic E-state index is 12.5. The molecule has 2 heterocycles. The van der Waals surface area contributed by atoms with Gasteiger partial charge in [0.25, 0.3) is 0 Å². The fourth-order valence-electron chi connectivity index (χ4n) is 3.14. The van der Waals surface area contributed by atoms with Gasteiger partial charge in [0.15, 0.2) is 0 Å². The zero-order valence-corrected chi connectivity index (χ0v) is 16.9. The number of carbonyl (C=O) groups excluding carboxylic acids is 1. The lowest BCUT2D eigenvalue weighted by atomic mass is 10.1. The zero-order chi connectivity index (χ0) is 20.0. The minimum absolute atomic E-state index is 0.0871. The van der Waals surface area contributed by atoms with E-state index in [0.717, 1.165) is 16.9 Å². The topological polar surface area (TPSA) is 82.6 Å². The van der Waals surface area contributed by atoms with Crippen molar-refractivity contribution in [3.8, 4) is 0 Å². The Morgan fingerprint density at radius 3 is 2.43 bits per heavy atom. The van der Waals surface area contributed by atoms with Gasteiger partial charge in [0.1, 0.15) is 5.82 Å². The van der Waals surface area contributed by atoms with Crippen LogP contribution in [0.2, 0.25) is 0 Å². The Labute approximate surface area is 166 Å². The molecule has 1 aliphatic rings. The Balaban J connectivity index is 1.43. The van der Waals surface area contributed by atoms with E-state index in [1.165, 1.54) is 4.31 Å². The Morgan fingerprint density at radius 2 is 1.79 bits per heavy atom. The number of hydrogen-bond acceptors (Lipinski definition) is 5. The first-order chi connectivity index (χ1) is 13.4. The molecule has 0 saturated carbocycles. The smallest absolute Gasteiger partial charge is 0.224 e. The average Bonchev–Trinajstić information content (AvgIpc) is 2.70. The number of anilines is 1. The van der Waals surface area contributed by atoms with E-state index in [9.17, 15) is 13.2 Å². The number of hydrogen-bond donors (Lipinski definition) is 1. The molecule has 0 radical (unpaired) electrons. The third-order valence-corrected chi connectivity index (χ3v) is 6.64. The Morgan fingerprint density at radius 1 is 1.07 bits per heavy atom. The van der Waals surface area contributed by atoms with Gasteiger partial charge in [-0.1, -0.05) is 35.9 Å². The van der Waals surface area contributed by atoms with Crippen LogP contribution in [0.15, 0.2) is 48.7 Å². The molecule has 1 amide bonds. The normalized spacial score (nSPS) is 15.4. The molecule has 0 unspecified atom stereocenters. The van der Waals surface area contributed by atoms with E-state index < -0.39 is 10.0 Å². The maximum atomic E-state index is 12.5. The summed E-state index contributed by atoms with van der Waals surface area (Å²) in [5, 5.41) is 2.71. The van der Waals surface area contributed by atoms with Crippen molar-refractivity contribution in [3.63, 3.8) is 0 Å². The number of sulfonamides is 1. The van der Waals surface area contributed by atoms with E-state index in [-0.39, 0.29) is 24.6 Å². The van der Waals surface area contributed by atoms with E-state index in [4.69, 9.17) is 0 Å². The lowest BCUT2D eigenvalue weighted by Crippen LogP contribution is -2.50. The van der Waals surface area contributed by atoms with Crippen molar-refractivity contribution in [2.75, 3.05) is 43.4 Å². The predicted octanol–water partition coefficient (Wildman–Crippen LogP) is 1.20. The minimum atomic E-state index is -3.39. The second-order valence-electron chi connectivity index (χ2n) is 6.90. The van der Waals surface area contributed by atoms with Crippen LogP contribution in [-0.4, -0.2) is 62.1 Å². The third-order valence-electron chi connectivity index (χ3n) is 4.77. The van der Waals surface area contributed by atoms with Crippen LogP contribution >= 0.6 is 0 Å². The van der Waals surface area contributed by atoms with Crippen molar-refractivity contribution in [1.29, 1.82) is 0 Å². The number of carbonyl (C=O) groups is 1. The highest BCUT2D eigenvalue weighted by Gasteiger charge is 2.27. The van der Waals surface area contributed by atoms with Gasteiger partial charge in [-0.2, -0.15) is 4.31 Å². The highest BCUT2D eigenvalue weighted by atomic mass is 32.2. The average molecular weight is 403 g/mol. The molecule has 28 heavy (non-hydrogen) atoms. The number of amides is 1. The van der Waals surface area contributed by atoms with Gasteiger partial charge in [-0.15, -0.1) is 0 Å².